The van der Waals surface area contributed by atoms with Gasteiger partial charge in [0, 0.05) is 30.4 Å². The third kappa shape index (κ3) is 6.19. The van der Waals surface area contributed by atoms with Gasteiger partial charge in [0.15, 0.2) is 5.82 Å². The van der Waals surface area contributed by atoms with Crippen molar-refractivity contribution in [3.8, 4) is 0 Å². The van der Waals surface area contributed by atoms with Crippen LogP contribution in [-0.4, -0.2) is 67.4 Å². The molecule has 0 unspecified atom stereocenters. The summed E-state index contributed by atoms with van der Waals surface area (Å²) in [7, 11) is 1.81. The Morgan fingerprint density at radius 1 is 1.17 bits per heavy atom. The molecule has 1 aliphatic rings. The molecule has 0 saturated carbocycles. The molecule has 0 radical (unpaired) electrons. The molecule has 1 amide bonds. The van der Waals surface area contributed by atoms with E-state index in [1.807, 2.05) is 32.7 Å². The summed E-state index contributed by atoms with van der Waals surface area (Å²) in [4.78, 5) is 49.2. The van der Waals surface area contributed by atoms with Gasteiger partial charge < -0.3 is 26.2 Å². The number of aliphatic carboxylic acids is 2. The Kier molecular flexibility index (Phi) is 7.17. The Hall–Kier alpha value is -4.29. The molecule has 0 aliphatic carbocycles. The van der Waals surface area contributed by atoms with Gasteiger partial charge in [0.1, 0.15) is 6.04 Å². The van der Waals surface area contributed by atoms with Crippen LogP contribution in [0.2, 0.25) is 0 Å². The molecule has 0 spiro atoms. The van der Waals surface area contributed by atoms with Crippen LogP contribution >= 0.6 is 0 Å². The molecule has 1 aliphatic heterocycles. The molecule has 1 aromatic heterocycles. The van der Waals surface area contributed by atoms with Gasteiger partial charge in [0.25, 0.3) is 11.9 Å². The van der Waals surface area contributed by atoms with Crippen molar-refractivity contribution in [2.24, 2.45) is 5.10 Å². The Balaban J connectivity index is 1.71. The summed E-state index contributed by atoms with van der Waals surface area (Å²) in [5.74, 6) is -2.56. The van der Waals surface area contributed by atoms with Gasteiger partial charge in [-0.25, -0.2) is 9.80 Å². The van der Waals surface area contributed by atoms with Gasteiger partial charge in [0.2, 0.25) is 5.95 Å². The Bertz CT molecular complexity index is 1160. The van der Waals surface area contributed by atoms with E-state index in [1.165, 1.54) is 12.1 Å². The number of hydrogen-bond donors (Lipinski definition) is 4. The summed E-state index contributed by atoms with van der Waals surface area (Å²) < 4.78 is 0. The van der Waals surface area contributed by atoms with Crippen LogP contribution < -0.4 is 21.0 Å². The van der Waals surface area contributed by atoms with Crippen LogP contribution in [0.4, 0.5) is 17.6 Å². The summed E-state index contributed by atoms with van der Waals surface area (Å²) in [6.07, 6.45) is 0.0513. The zero-order chi connectivity index (χ0) is 25.9. The molecule has 13 nitrogen and oxygen atoms in total. The van der Waals surface area contributed by atoms with E-state index in [2.05, 4.69) is 25.4 Å². The molecular formula is C22H28N8O5. The number of carbonyl (C=O) groups excluding carboxylic acids is 1. The minimum atomic E-state index is -1.53. The summed E-state index contributed by atoms with van der Waals surface area (Å²) in [6.45, 7) is 6.31. The van der Waals surface area contributed by atoms with Gasteiger partial charge in [-0.15, -0.1) is 0 Å². The minimum Gasteiger partial charge on any atom is -0.481 e. The molecule has 1 aromatic carbocycles. The van der Waals surface area contributed by atoms with Crippen molar-refractivity contribution in [2.75, 3.05) is 22.7 Å². The van der Waals surface area contributed by atoms with Crippen molar-refractivity contribution in [2.45, 2.75) is 51.7 Å². The van der Waals surface area contributed by atoms with Crippen molar-refractivity contribution >= 4 is 41.1 Å². The predicted molar refractivity (Wildman–Crippen MR) is 128 cm³/mol. The first-order chi connectivity index (χ1) is 16.4. The number of nitrogens with two attached hydrogens (primary N) is 1. The minimum absolute atomic E-state index is 0.0790. The summed E-state index contributed by atoms with van der Waals surface area (Å²) in [5, 5.41) is 26.4. The monoisotopic (exact) mass is 484 g/mol. The normalized spacial score (nSPS) is 15.3. The van der Waals surface area contributed by atoms with E-state index in [-0.39, 0.29) is 17.1 Å². The zero-order valence-electron chi connectivity index (χ0n) is 19.9. The van der Waals surface area contributed by atoms with E-state index >= 15 is 0 Å². The number of rotatable bonds is 9. The van der Waals surface area contributed by atoms with E-state index in [9.17, 15) is 14.4 Å². The number of carbonyl (C=O) groups is 3. The first kappa shape index (κ1) is 25.3. The molecule has 1 atom stereocenters. The molecule has 35 heavy (non-hydrogen) atoms. The highest BCUT2D eigenvalue weighted by Crippen LogP contribution is 2.30. The molecule has 186 valence electrons. The highest BCUT2D eigenvalue weighted by atomic mass is 16.4. The third-order valence-corrected chi connectivity index (χ3v) is 5.34. The Labute approximate surface area is 201 Å². The maximum Gasteiger partial charge on any atom is 0.326 e. The van der Waals surface area contributed by atoms with E-state index in [1.54, 1.807) is 17.1 Å². The van der Waals surface area contributed by atoms with Crippen LogP contribution in [0.3, 0.4) is 0 Å². The lowest BCUT2D eigenvalue weighted by molar-refractivity contribution is -0.145. The fourth-order valence-corrected chi connectivity index (χ4v) is 3.74. The van der Waals surface area contributed by atoms with Crippen LogP contribution in [0.5, 0.6) is 0 Å². The highest BCUT2D eigenvalue weighted by molar-refractivity contribution is 5.97. The zero-order valence-corrected chi connectivity index (χ0v) is 19.9. The van der Waals surface area contributed by atoms with E-state index in [0.29, 0.717) is 18.3 Å². The number of aromatic nitrogens is 3. The molecule has 2 aromatic rings. The van der Waals surface area contributed by atoms with Crippen molar-refractivity contribution < 1.29 is 24.6 Å². The molecule has 2 heterocycles. The summed E-state index contributed by atoms with van der Waals surface area (Å²) in [6, 6.07) is 4.84. The number of carboxylic acid groups (broad SMARTS) is 2. The number of anilines is 3. The largest absolute Gasteiger partial charge is 0.481 e. The van der Waals surface area contributed by atoms with E-state index in [0.717, 1.165) is 17.8 Å². The van der Waals surface area contributed by atoms with Gasteiger partial charge in [-0.05, 0) is 45.0 Å². The van der Waals surface area contributed by atoms with Crippen LogP contribution in [0.15, 0.2) is 29.4 Å². The smallest absolute Gasteiger partial charge is 0.326 e. The van der Waals surface area contributed by atoms with E-state index in [4.69, 9.17) is 15.9 Å². The number of hydrazone groups is 1. The highest BCUT2D eigenvalue weighted by Gasteiger charge is 2.35. The van der Waals surface area contributed by atoms with Gasteiger partial charge >= 0.3 is 11.9 Å². The predicted octanol–water partition coefficient (Wildman–Crippen LogP) is 1.11. The van der Waals surface area contributed by atoms with Crippen molar-refractivity contribution in [3.63, 3.8) is 0 Å². The maximum atomic E-state index is 12.4. The number of benzene rings is 1. The number of nitrogens with zero attached hydrogens (tertiary/aromatic N) is 6. The molecule has 0 fully saturated rings. The van der Waals surface area contributed by atoms with Crippen molar-refractivity contribution in [1.29, 1.82) is 0 Å². The maximum absolute atomic E-state index is 12.4. The number of carboxylic acids is 2. The summed E-state index contributed by atoms with van der Waals surface area (Å²) >= 11 is 0. The third-order valence-electron chi connectivity index (χ3n) is 5.34. The fraction of sp³-hybridized carbons (Fsp3) is 0.409. The number of nitrogen functional groups attached to an aromatic ring is 1. The fourth-order valence-electron chi connectivity index (χ4n) is 3.74. The van der Waals surface area contributed by atoms with Gasteiger partial charge in [-0.2, -0.15) is 20.1 Å². The lowest BCUT2D eigenvalue weighted by Gasteiger charge is -2.28. The second kappa shape index (κ2) is 9.91. The van der Waals surface area contributed by atoms with Crippen molar-refractivity contribution in [1.82, 2.24) is 20.3 Å². The molecule has 0 bridgehead atoms. The molecule has 3 rings (SSSR count). The second-order valence-corrected chi connectivity index (χ2v) is 8.91. The summed E-state index contributed by atoms with van der Waals surface area (Å²) in [5.41, 5.74) is 7.53. The standard InChI is InChI=1S/C22H28N8O5/c1-12-10-22(2,3)30(28-12)21-26-16(25-20(23)27-21)11-29(4)14-7-5-13(6-8-14)18(33)24-15(19(34)35)9-17(31)32/h5-8,15H,9-11H2,1-4H3,(H,24,33)(H,31,32)(H,34,35)(H2,23,25,26,27)/t15-/m0/s1. The van der Waals surface area contributed by atoms with Gasteiger partial charge in [0.05, 0.1) is 18.5 Å². The molecular weight excluding hydrogens is 456 g/mol. The van der Waals surface area contributed by atoms with Crippen molar-refractivity contribution in [3.05, 3.63) is 35.7 Å². The number of hydrogen-bond acceptors (Lipinski definition) is 10. The quantitative estimate of drug-likeness (QED) is 0.399. The lowest BCUT2D eigenvalue weighted by Crippen LogP contribution is -2.42. The van der Waals surface area contributed by atoms with Crippen LogP contribution in [0, 0.1) is 0 Å². The van der Waals surface area contributed by atoms with Gasteiger partial charge in [-0.3, -0.25) is 9.59 Å². The first-order valence-corrected chi connectivity index (χ1v) is 10.8. The molecule has 13 heteroatoms. The Morgan fingerprint density at radius 3 is 2.37 bits per heavy atom. The van der Waals surface area contributed by atoms with Crippen LogP contribution in [0.25, 0.3) is 0 Å². The number of nitrogens with one attached hydrogen (secondary N) is 1. The van der Waals surface area contributed by atoms with Crippen LogP contribution in [-0.2, 0) is 16.1 Å². The SMILES string of the molecule is CC1=NN(c2nc(N)nc(CN(C)c3ccc(C(=O)N[C@@H](CC(=O)O)C(=O)O)cc3)n2)C(C)(C)C1. The molecule has 0 saturated heterocycles. The first-order valence-electron chi connectivity index (χ1n) is 10.8. The van der Waals surface area contributed by atoms with E-state index < -0.39 is 30.3 Å². The topological polar surface area (TPSA) is 187 Å². The van der Waals surface area contributed by atoms with Gasteiger partial charge in [-0.1, -0.05) is 0 Å². The lowest BCUT2D eigenvalue weighted by atomic mass is 9.99. The molecule has 5 N–H and O–H groups in total. The second-order valence-electron chi connectivity index (χ2n) is 8.91. The Morgan fingerprint density at radius 2 is 1.83 bits per heavy atom. The average Bonchev–Trinajstić information content (AvgIpc) is 3.04. The van der Waals surface area contributed by atoms with Crippen LogP contribution in [0.1, 0.15) is 49.8 Å². The number of amides is 1. The average molecular weight is 485 g/mol.